The molecule has 1 aromatic rings. The fourth-order valence-electron chi connectivity index (χ4n) is 4.13. The van der Waals surface area contributed by atoms with Crippen molar-refractivity contribution < 1.29 is 19.4 Å². The molecule has 2 rings (SSSR count). The van der Waals surface area contributed by atoms with Crippen molar-refractivity contribution >= 4 is 10.2 Å². The lowest BCUT2D eigenvalue weighted by molar-refractivity contribution is 0.248. The molecule has 0 spiro atoms. The molecule has 1 aliphatic carbocycles. The second kappa shape index (κ2) is 8.30. The predicted molar refractivity (Wildman–Crippen MR) is 105 cm³/mol. The van der Waals surface area contributed by atoms with Crippen molar-refractivity contribution in [2.75, 3.05) is 0 Å². The Morgan fingerprint density at radius 2 is 1.26 bits per heavy atom. The van der Waals surface area contributed by atoms with Crippen LogP contribution in [0, 0.1) is 11.8 Å². The summed E-state index contributed by atoms with van der Waals surface area (Å²) >= 11 is 0. The Kier molecular flexibility index (Phi) is 6.92. The molecule has 1 aliphatic rings. The molecule has 0 radical (unpaired) electrons. The van der Waals surface area contributed by atoms with E-state index in [9.17, 15) is 19.4 Å². The first-order chi connectivity index (χ1) is 12.5. The molecule has 0 amide bonds. The third-order valence-electron chi connectivity index (χ3n) is 5.89. The molecule has 0 saturated heterocycles. The Labute approximate surface area is 160 Å². The molecule has 0 heterocycles. The summed E-state index contributed by atoms with van der Waals surface area (Å²) in [5, 5.41) is 0. The molecule has 0 aliphatic heterocycles. The zero-order chi connectivity index (χ0) is 20.0. The minimum atomic E-state index is -9.54. The maximum Gasteiger partial charge on any atom is 0.310 e. The first kappa shape index (κ1) is 22.5. The standard InChI is InChI=1S/C21H33F5S/c1-2-3-4-5-6-7-18-8-10-19(11-9-18)12-13-20-14-16-21(17-15-20)27(22,23,24,25)26/h14-19H,2-13H2,1H3/t18-,19-. The van der Waals surface area contributed by atoms with Gasteiger partial charge in [-0.15, -0.1) is 0 Å². The van der Waals surface area contributed by atoms with Gasteiger partial charge in [0.15, 0.2) is 0 Å². The molecular weight excluding hydrogens is 379 g/mol. The van der Waals surface area contributed by atoms with Gasteiger partial charge in [-0.05, 0) is 42.4 Å². The van der Waals surface area contributed by atoms with Crippen molar-refractivity contribution in [3.63, 3.8) is 0 Å². The SMILES string of the molecule is CCCCCCC[C@H]1CC[C@H](CCc2ccc(S(F)(F)(F)(F)F)cc2)CC1. The fraction of sp³-hybridized carbons (Fsp3) is 0.714. The van der Waals surface area contributed by atoms with E-state index in [1.807, 2.05) is 0 Å². The lowest BCUT2D eigenvalue weighted by atomic mass is 9.78. The number of hydrogen-bond donors (Lipinski definition) is 0. The maximum atomic E-state index is 12.7. The van der Waals surface area contributed by atoms with Crippen molar-refractivity contribution in [3.05, 3.63) is 29.8 Å². The normalized spacial score (nSPS) is 23.6. The van der Waals surface area contributed by atoms with Crippen molar-refractivity contribution in [1.29, 1.82) is 0 Å². The average Bonchev–Trinajstić information content (AvgIpc) is 2.59. The highest BCUT2D eigenvalue weighted by Gasteiger charge is 2.65. The largest absolute Gasteiger partial charge is 0.310 e. The number of rotatable bonds is 10. The highest BCUT2D eigenvalue weighted by molar-refractivity contribution is 8.45. The van der Waals surface area contributed by atoms with Crippen LogP contribution in [0.2, 0.25) is 0 Å². The van der Waals surface area contributed by atoms with Crippen LogP contribution in [-0.2, 0) is 6.42 Å². The fourth-order valence-corrected chi connectivity index (χ4v) is 4.78. The predicted octanol–water partition coefficient (Wildman–Crippen LogP) is 9.44. The molecule has 0 unspecified atom stereocenters. The van der Waals surface area contributed by atoms with Gasteiger partial charge in [0.2, 0.25) is 0 Å². The van der Waals surface area contributed by atoms with Crippen molar-refractivity contribution in [2.45, 2.75) is 88.9 Å². The minimum Gasteiger partial charge on any atom is -0.0936 e. The zero-order valence-electron chi connectivity index (χ0n) is 16.2. The van der Waals surface area contributed by atoms with Crippen LogP contribution >= 0.6 is 10.2 Å². The van der Waals surface area contributed by atoms with E-state index >= 15 is 0 Å². The molecule has 0 bridgehead atoms. The first-order valence-corrected chi connectivity index (χ1v) is 12.3. The summed E-state index contributed by atoms with van der Waals surface area (Å²) in [6.45, 7) is 2.22. The first-order valence-electron chi connectivity index (χ1n) is 10.3. The van der Waals surface area contributed by atoms with Crippen molar-refractivity contribution in [1.82, 2.24) is 0 Å². The second-order valence-corrected chi connectivity index (χ2v) is 10.7. The highest BCUT2D eigenvalue weighted by atomic mass is 32.5. The third-order valence-corrected chi connectivity index (χ3v) is 7.06. The number of halogens is 5. The highest BCUT2D eigenvalue weighted by Crippen LogP contribution is 3.02. The summed E-state index contributed by atoms with van der Waals surface area (Å²) in [6, 6.07) is 3.48. The topological polar surface area (TPSA) is 0 Å². The van der Waals surface area contributed by atoms with E-state index in [1.54, 1.807) is 0 Å². The van der Waals surface area contributed by atoms with Gasteiger partial charge in [-0.2, -0.15) is 0 Å². The summed E-state index contributed by atoms with van der Waals surface area (Å²) in [5.41, 5.74) is 0.707. The van der Waals surface area contributed by atoms with Gasteiger partial charge in [0.1, 0.15) is 4.90 Å². The molecule has 0 aromatic heterocycles. The number of benzene rings is 1. The Bertz CT molecular complexity index is 571. The summed E-state index contributed by atoms with van der Waals surface area (Å²) in [4.78, 5) is -1.79. The van der Waals surface area contributed by atoms with Crippen LogP contribution in [0.25, 0.3) is 0 Å². The van der Waals surface area contributed by atoms with E-state index < -0.39 is 15.1 Å². The molecule has 0 nitrogen and oxygen atoms in total. The molecular formula is C21H33F5S. The average molecular weight is 413 g/mol. The van der Waals surface area contributed by atoms with E-state index in [4.69, 9.17) is 0 Å². The monoisotopic (exact) mass is 412 g/mol. The second-order valence-electron chi connectivity index (χ2n) is 8.24. The maximum absolute atomic E-state index is 12.7. The van der Waals surface area contributed by atoms with Crippen LogP contribution in [-0.4, -0.2) is 0 Å². The van der Waals surface area contributed by atoms with Gasteiger partial charge in [-0.1, -0.05) is 103 Å². The van der Waals surface area contributed by atoms with E-state index in [0.717, 1.165) is 12.3 Å². The van der Waals surface area contributed by atoms with E-state index in [2.05, 4.69) is 6.92 Å². The van der Waals surface area contributed by atoms with Crippen molar-refractivity contribution in [3.8, 4) is 0 Å². The molecule has 6 heteroatoms. The summed E-state index contributed by atoms with van der Waals surface area (Å²) in [5.74, 6) is 1.44. The number of unbranched alkanes of at least 4 members (excludes halogenated alkanes) is 4. The Balaban J connectivity index is 1.70. The summed E-state index contributed by atoms with van der Waals surface area (Å²) in [6.07, 6.45) is 14.4. The molecule has 0 atom stereocenters. The molecule has 158 valence electrons. The lowest BCUT2D eigenvalue weighted by Gasteiger charge is -2.40. The van der Waals surface area contributed by atoms with Gasteiger partial charge >= 0.3 is 10.2 Å². The Hall–Kier alpha value is -0.780. The number of hydrogen-bond acceptors (Lipinski definition) is 0. The van der Waals surface area contributed by atoms with Gasteiger partial charge in [0.05, 0.1) is 0 Å². The molecule has 1 aromatic carbocycles. The van der Waals surface area contributed by atoms with E-state index in [0.29, 0.717) is 30.0 Å². The quantitative estimate of drug-likeness (QED) is 0.265. The lowest BCUT2D eigenvalue weighted by Crippen LogP contribution is -2.15. The van der Waals surface area contributed by atoms with Crippen LogP contribution in [0.5, 0.6) is 0 Å². The Morgan fingerprint density at radius 1 is 0.741 bits per heavy atom. The van der Waals surface area contributed by atoms with Crippen molar-refractivity contribution in [2.24, 2.45) is 11.8 Å². The number of aryl methyl sites for hydroxylation is 1. The summed E-state index contributed by atoms with van der Waals surface area (Å²) < 4.78 is 63.7. The molecule has 1 fully saturated rings. The van der Waals surface area contributed by atoms with Crippen LogP contribution < -0.4 is 0 Å². The van der Waals surface area contributed by atoms with Crippen LogP contribution in [0.15, 0.2) is 29.2 Å². The summed E-state index contributed by atoms with van der Waals surface area (Å²) in [7, 11) is -9.54. The van der Waals surface area contributed by atoms with E-state index in [1.165, 1.54) is 76.3 Å². The van der Waals surface area contributed by atoms with Gasteiger partial charge in [-0.3, -0.25) is 0 Å². The van der Waals surface area contributed by atoms with Crippen LogP contribution in [0.3, 0.4) is 0 Å². The van der Waals surface area contributed by atoms with Gasteiger partial charge < -0.3 is 0 Å². The molecule has 1 saturated carbocycles. The molecule has 0 N–H and O–H groups in total. The van der Waals surface area contributed by atoms with Gasteiger partial charge in [0, 0.05) is 0 Å². The minimum absolute atomic E-state index is 0.534. The zero-order valence-corrected chi connectivity index (χ0v) is 17.1. The van der Waals surface area contributed by atoms with Crippen LogP contribution in [0.4, 0.5) is 19.4 Å². The molecule has 27 heavy (non-hydrogen) atoms. The van der Waals surface area contributed by atoms with Gasteiger partial charge in [-0.25, -0.2) is 0 Å². The van der Waals surface area contributed by atoms with E-state index in [-0.39, 0.29) is 0 Å². The van der Waals surface area contributed by atoms with Crippen LogP contribution in [0.1, 0.15) is 83.1 Å². The third kappa shape index (κ3) is 8.00. The smallest absolute Gasteiger partial charge is 0.0936 e. The van der Waals surface area contributed by atoms with Gasteiger partial charge in [0.25, 0.3) is 0 Å². The Morgan fingerprint density at radius 3 is 1.78 bits per heavy atom.